The first-order chi connectivity index (χ1) is 11.2. The Hall–Kier alpha value is -3.28. The van der Waals surface area contributed by atoms with E-state index >= 15 is 0 Å². The molecular weight excluding hydrogens is 292 g/mol. The van der Waals surface area contributed by atoms with Crippen molar-refractivity contribution in [2.45, 2.75) is 0 Å². The van der Waals surface area contributed by atoms with Crippen LogP contribution in [0.5, 0.6) is 0 Å². The van der Waals surface area contributed by atoms with Crippen molar-refractivity contribution in [2.75, 3.05) is 22.5 Å². The Kier molecular flexibility index (Phi) is 5.76. The molecule has 4 amide bonds. The topological polar surface area (TPSA) is 82.3 Å². The van der Waals surface area contributed by atoms with Crippen LogP contribution >= 0.6 is 0 Å². The fraction of sp³-hybridized carbons (Fsp3) is 0.0588. The maximum absolute atomic E-state index is 11.9. The van der Waals surface area contributed by atoms with Crippen LogP contribution < -0.4 is 21.3 Å². The van der Waals surface area contributed by atoms with Crippen LogP contribution in [0, 0.1) is 0 Å². The molecule has 0 saturated carbocycles. The Morgan fingerprint density at radius 2 is 1.26 bits per heavy atom. The van der Waals surface area contributed by atoms with Crippen molar-refractivity contribution in [2.24, 2.45) is 0 Å². The SMILES string of the molecule is C=CCNC(=O)Nc1ccc(NC(=O)Nc2ccccc2)cc1. The third-order valence-electron chi connectivity index (χ3n) is 2.84. The summed E-state index contributed by atoms with van der Waals surface area (Å²) in [5.74, 6) is 0. The van der Waals surface area contributed by atoms with E-state index in [0.29, 0.717) is 23.6 Å². The molecule has 0 unspecified atom stereocenters. The molecule has 0 bridgehead atoms. The van der Waals surface area contributed by atoms with Gasteiger partial charge in [0.15, 0.2) is 0 Å². The van der Waals surface area contributed by atoms with Gasteiger partial charge in [-0.3, -0.25) is 0 Å². The zero-order valence-corrected chi connectivity index (χ0v) is 12.5. The number of hydrogen-bond acceptors (Lipinski definition) is 2. The lowest BCUT2D eigenvalue weighted by molar-refractivity contribution is 0.253. The number of carbonyl (C=O) groups excluding carboxylic acids is 2. The Morgan fingerprint density at radius 3 is 1.78 bits per heavy atom. The van der Waals surface area contributed by atoms with E-state index in [9.17, 15) is 9.59 Å². The monoisotopic (exact) mass is 310 g/mol. The molecule has 0 heterocycles. The van der Waals surface area contributed by atoms with Crippen molar-refractivity contribution < 1.29 is 9.59 Å². The fourth-order valence-electron chi connectivity index (χ4n) is 1.79. The highest BCUT2D eigenvalue weighted by Crippen LogP contribution is 2.14. The quantitative estimate of drug-likeness (QED) is 0.636. The highest BCUT2D eigenvalue weighted by atomic mass is 16.2. The molecule has 2 aromatic rings. The van der Waals surface area contributed by atoms with Crippen LogP contribution in [0.2, 0.25) is 0 Å². The standard InChI is InChI=1S/C17H18N4O2/c1-2-12-18-16(22)19-14-8-10-15(11-9-14)21-17(23)20-13-6-4-3-5-7-13/h2-11H,1,12H2,(H2,18,19,22)(H2,20,21,23). The smallest absolute Gasteiger partial charge is 0.323 e. The van der Waals surface area contributed by atoms with Gasteiger partial charge in [-0.05, 0) is 36.4 Å². The van der Waals surface area contributed by atoms with Crippen LogP contribution in [0.25, 0.3) is 0 Å². The zero-order chi connectivity index (χ0) is 16.5. The predicted molar refractivity (Wildman–Crippen MR) is 92.7 cm³/mol. The second-order valence-electron chi connectivity index (χ2n) is 4.65. The second kappa shape index (κ2) is 8.23. The molecule has 0 aliphatic rings. The van der Waals surface area contributed by atoms with E-state index in [0.717, 1.165) is 0 Å². The Labute approximate surface area is 134 Å². The molecule has 0 radical (unpaired) electrons. The number of carbonyl (C=O) groups is 2. The number of para-hydroxylation sites is 1. The van der Waals surface area contributed by atoms with E-state index in [-0.39, 0.29) is 12.1 Å². The molecule has 6 heteroatoms. The molecule has 0 fully saturated rings. The summed E-state index contributed by atoms with van der Waals surface area (Å²) in [6.45, 7) is 3.91. The largest absolute Gasteiger partial charge is 0.334 e. The average Bonchev–Trinajstić information content (AvgIpc) is 2.55. The third kappa shape index (κ3) is 5.55. The van der Waals surface area contributed by atoms with Crippen LogP contribution in [-0.4, -0.2) is 18.6 Å². The number of nitrogens with one attached hydrogen (secondary N) is 4. The summed E-state index contributed by atoms with van der Waals surface area (Å²) in [4.78, 5) is 23.3. The normalized spacial score (nSPS) is 9.57. The van der Waals surface area contributed by atoms with Crippen LogP contribution in [0.3, 0.4) is 0 Å². The highest BCUT2D eigenvalue weighted by Gasteiger charge is 2.03. The lowest BCUT2D eigenvalue weighted by atomic mass is 10.3. The second-order valence-corrected chi connectivity index (χ2v) is 4.65. The Morgan fingerprint density at radius 1 is 0.783 bits per heavy atom. The molecule has 0 aromatic heterocycles. The molecule has 0 aliphatic carbocycles. The van der Waals surface area contributed by atoms with E-state index in [1.54, 1.807) is 42.5 Å². The third-order valence-corrected chi connectivity index (χ3v) is 2.84. The molecule has 0 aliphatic heterocycles. The summed E-state index contributed by atoms with van der Waals surface area (Å²) < 4.78 is 0. The number of anilines is 3. The molecule has 6 nitrogen and oxygen atoms in total. The van der Waals surface area contributed by atoms with E-state index in [1.807, 2.05) is 18.2 Å². The summed E-state index contributed by atoms with van der Waals surface area (Å²) in [6.07, 6.45) is 1.60. The minimum Gasteiger partial charge on any atom is -0.334 e. The highest BCUT2D eigenvalue weighted by molar-refractivity contribution is 6.00. The van der Waals surface area contributed by atoms with Crippen molar-refractivity contribution >= 4 is 29.1 Å². The average molecular weight is 310 g/mol. The van der Waals surface area contributed by atoms with Crippen LogP contribution in [0.1, 0.15) is 0 Å². The Balaban J connectivity index is 1.86. The molecule has 2 rings (SSSR count). The number of benzene rings is 2. The van der Waals surface area contributed by atoms with Crippen molar-refractivity contribution in [3.8, 4) is 0 Å². The van der Waals surface area contributed by atoms with Crippen molar-refractivity contribution in [3.63, 3.8) is 0 Å². The van der Waals surface area contributed by atoms with Gasteiger partial charge in [0.2, 0.25) is 0 Å². The van der Waals surface area contributed by atoms with E-state index < -0.39 is 0 Å². The first-order valence-corrected chi connectivity index (χ1v) is 7.06. The first-order valence-electron chi connectivity index (χ1n) is 7.06. The maximum Gasteiger partial charge on any atom is 0.323 e. The van der Waals surface area contributed by atoms with E-state index in [4.69, 9.17) is 0 Å². The molecular formula is C17H18N4O2. The van der Waals surface area contributed by atoms with Gasteiger partial charge in [-0.2, -0.15) is 0 Å². The summed E-state index contributed by atoms with van der Waals surface area (Å²) in [5, 5.41) is 10.7. The summed E-state index contributed by atoms with van der Waals surface area (Å²) >= 11 is 0. The number of amides is 4. The molecule has 0 atom stereocenters. The molecule has 118 valence electrons. The predicted octanol–water partition coefficient (Wildman–Crippen LogP) is 3.64. The molecule has 4 N–H and O–H groups in total. The number of rotatable bonds is 5. The van der Waals surface area contributed by atoms with Gasteiger partial charge in [-0.1, -0.05) is 24.3 Å². The lowest BCUT2D eigenvalue weighted by Crippen LogP contribution is -2.28. The van der Waals surface area contributed by atoms with E-state index in [2.05, 4.69) is 27.8 Å². The van der Waals surface area contributed by atoms with Gasteiger partial charge < -0.3 is 21.3 Å². The minimum absolute atomic E-state index is 0.313. The Bertz CT molecular complexity index is 669. The van der Waals surface area contributed by atoms with Gasteiger partial charge in [-0.25, -0.2) is 9.59 Å². The van der Waals surface area contributed by atoms with Gasteiger partial charge in [-0.15, -0.1) is 6.58 Å². The van der Waals surface area contributed by atoms with Gasteiger partial charge >= 0.3 is 12.1 Å². The minimum atomic E-state index is -0.333. The van der Waals surface area contributed by atoms with Crippen LogP contribution in [0.15, 0.2) is 67.3 Å². The van der Waals surface area contributed by atoms with Gasteiger partial charge in [0.25, 0.3) is 0 Å². The molecule has 23 heavy (non-hydrogen) atoms. The maximum atomic E-state index is 11.9. The lowest BCUT2D eigenvalue weighted by Gasteiger charge is -2.09. The molecule has 0 saturated heterocycles. The number of urea groups is 2. The van der Waals surface area contributed by atoms with Crippen LogP contribution in [-0.2, 0) is 0 Å². The summed E-state index contributed by atoms with van der Waals surface area (Å²) in [6, 6.07) is 15.3. The zero-order valence-electron chi connectivity index (χ0n) is 12.5. The summed E-state index contributed by atoms with van der Waals surface area (Å²) in [7, 11) is 0. The number of hydrogen-bond donors (Lipinski definition) is 4. The van der Waals surface area contributed by atoms with Gasteiger partial charge in [0.1, 0.15) is 0 Å². The first kappa shape index (κ1) is 16.1. The van der Waals surface area contributed by atoms with Crippen molar-refractivity contribution in [1.82, 2.24) is 5.32 Å². The molecule has 2 aromatic carbocycles. The van der Waals surface area contributed by atoms with Gasteiger partial charge in [0.05, 0.1) is 0 Å². The van der Waals surface area contributed by atoms with Crippen molar-refractivity contribution in [3.05, 3.63) is 67.3 Å². The van der Waals surface area contributed by atoms with Crippen molar-refractivity contribution in [1.29, 1.82) is 0 Å². The summed E-state index contributed by atoms with van der Waals surface area (Å²) in [5.41, 5.74) is 1.96. The molecule has 0 spiro atoms. The van der Waals surface area contributed by atoms with E-state index in [1.165, 1.54) is 0 Å². The fourth-order valence-corrected chi connectivity index (χ4v) is 1.79. The van der Waals surface area contributed by atoms with Gasteiger partial charge in [0, 0.05) is 23.6 Å². The van der Waals surface area contributed by atoms with Crippen LogP contribution in [0.4, 0.5) is 26.7 Å².